The van der Waals surface area contributed by atoms with Crippen LogP contribution in [0.15, 0.2) is 0 Å². The molecule has 0 aromatic heterocycles. The van der Waals surface area contributed by atoms with Crippen LogP contribution in [0, 0.1) is 0 Å². The molecule has 0 heterocycles. The van der Waals surface area contributed by atoms with Crippen LogP contribution in [0.25, 0.3) is 0 Å². The maximum atomic E-state index is 0. The van der Waals surface area contributed by atoms with Gasteiger partial charge in [-0.05, 0) is 0 Å². The summed E-state index contributed by atoms with van der Waals surface area (Å²) in [5.74, 6) is 0. The summed E-state index contributed by atoms with van der Waals surface area (Å²) in [6.45, 7) is 0. The maximum absolute atomic E-state index is 0. The average molecular weight is 371 g/mol. The molecule has 0 saturated carbocycles. The SMILES string of the molecule is P.[Cd].[Cd].[Cd]. The molecule has 0 bridgehead atoms. The predicted molar refractivity (Wildman–Crippen MR) is 11.1 cm³/mol. The fourth-order valence-corrected chi connectivity index (χ4v) is 0. The van der Waals surface area contributed by atoms with Crippen molar-refractivity contribution in [2.24, 2.45) is 0 Å². The molecule has 0 aliphatic carbocycles. The van der Waals surface area contributed by atoms with Crippen molar-refractivity contribution in [3.05, 3.63) is 0 Å². The second-order valence-electron chi connectivity index (χ2n) is 0. The van der Waals surface area contributed by atoms with Crippen LogP contribution in [0.1, 0.15) is 0 Å². The summed E-state index contributed by atoms with van der Waals surface area (Å²) < 4.78 is 0. The monoisotopic (exact) mass is 376 g/mol. The zero-order valence-electron chi connectivity index (χ0n) is 2.83. The van der Waals surface area contributed by atoms with E-state index >= 15 is 0 Å². The molecular weight excluding hydrogens is 368 g/mol. The van der Waals surface area contributed by atoms with E-state index in [4.69, 9.17) is 0 Å². The molecule has 0 aliphatic rings. The van der Waals surface area contributed by atoms with Crippen LogP contribution in [0.5, 0.6) is 0 Å². The number of rotatable bonds is 0. The fourth-order valence-electron chi connectivity index (χ4n) is 0. The van der Waals surface area contributed by atoms with Crippen LogP contribution < -0.4 is 0 Å². The molecule has 0 saturated heterocycles. The van der Waals surface area contributed by atoms with Crippen molar-refractivity contribution in [2.45, 2.75) is 0 Å². The van der Waals surface area contributed by atoms with Crippen molar-refractivity contribution >= 4 is 9.90 Å². The van der Waals surface area contributed by atoms with E-state index in [2.05, 4.69) is 0 Å². The van der Waals surface area contributed by atoms with E-state index in [1.54, 1.807) is 0 Å². The van der Waals surface area contributed by atoms with Gasteiger partial charge in [-0.25, -0.2) is 0 Å². The zero-order chi connectivity index (χ0) is 0. The van der Waals surface area contributed by atoms with Gasteiger partial charge in [0.25, 0.3) is 0 Å². The molecule has 0 spiro atoms. The van der Waals surface area contributed by atoms with Crippen LogP contribution >= 0.6 is 9.90 Å². The number of hydrogen-bond acceptors (Lipinski definition) is 0. The fraction of sp³-hybridized carbons (Fsp3) is 0. The van der Waals surface area contributed by atoms with Gasteiger partial charge in [0.15, 0.2) is 0 Å². The molecule has 0 nitrogen and oxygen atoms in total. The van der Waals surface area contributed by atoms with Crippen molar-refractivity contribution in [1.29, 1.82) is 0 Å². The van der Waals surface area contributed by atoms with Crippen LogP contribution in [0.4, 0.5) is 0 Å². The minimum Gasteiger partial charge on any atom is -0.153 e. The molecule has 0 fully saturated rings. The van der Waals surface area contributed by atoms with Crippen molar-refractivity contribution in [1.82, 2.24) is 0 Å². The van der Waals surface area contributed by atoms with Crippen LogP contribution in [0.2, 0.25) is 0 Å². The Hall–Kier alpha value is 3.20. The Bertz CT molecular complexity index is 3.25. The van der Waals surface area contributed by atoms with E-state index in [0.717, 1.165) is 0 Å². The summed E-state index contributed by atoms with van der Waals surface area (Å²) in [7, 11) is 0. The second kappa shape index (κ2) is 16.4. The molecule has 0 radical (unpaired) electrons. The minimum absolute atomic E-state index is 0. The van der Waals surface area contributed by atoms with Crippen LogP contribution in [0.3, 0.4) is 0 Å². The van der Waals surface area contributed by atoms with E-state index in [1.165, 1.54) is 0 Å². The van der Waals surface area contributed by atoms with Gasteiger partial charge in [0.05, 0.1) is 0 Å². The van der Waals surface area contributed by atoms with Crippen molar-refractivity contribution in [3.8, 4) is 0 Å². The van der Waals surface area contributed by atoms with Gasteiger partial charge in [-0.15, -0.1) is 0 Å². The van der Waals surface area contributed by atoms with E-state index in [-0.39, 0.29) is 91.8 Å². The maximum Gasteiger partial charge on any atom is 0 e. The number of hydrogen-bond donors (Lipinski definition) is 0. The first-order valence-corrected chi connectivity index (χ1v) is 0. The molecule has 4 heavy (non-hydrogen) atoms. The van der Waals surface area contributed by atoms with Gasteiger partial charge in [0.2, 0.25) is 0 Å². The molecule has 4 heteroatoms. The average Bonchev–Trinajstić information content (AvgIpc) is 0. The van der Waals surface area contributed by atoms with Gasteiger partial charge >= 0.3 is 0 Å². The summed E-state index contributed by atoms with van der Waals surface area (Å²) >= 11 is 0. The summed E-state index contributed by atoms with van der Waals surface area (Å²) in [5, 5.41) is 0. The Kier molecular flexibility index (Phi) is 111. The standard InChI is InChI=1S/3Cd.H3P/h;;;1H3. The molecule has 14 valence electrons. The third-order valence-corrected chi connectivity index (χ3v) is 0. The van der Waals surface area contributed by atoms with Crippen molar-refractivity contribution in [2.75, 3.05) is 0 Å². The van der Waals surface area contributed by atoms with Crippen molar-refractivity contribution < 1.29 is 81.9 Å². The molecule has 0 amide bonds. The molecule has 0 aromatic carbocycles. The van der Waals surface area contributed by atoms with Gasteiger partial charge in [-0.1, -0.05) is 0 Å². The van der Waals surface area contributed by atoms with E-state index in [9.17, 15) is 0 Å². The van der Waals surface area contributed by atoms with Crippen LogP contribution in [-0.2, 0) is 81.9 Å². The summed E-state index contributed by atoms with van der Waals surface area (Å²) in [6, 6.07) is 0. The van der Waals surface area contributed by atoms with Crippen LogP contribution in [-0.4, -0.2) is 0 Å². The van der Waals surface area contributed by atoms with Gasteiger partial charge in [0.1, 0.15) is 0 Å². The molecule has 0 rings (SSSR count). The molecule has 0 aromatic rings. The topological polar surface area (TPSA) is 0 Å². The Balaban J connectivity index is 0. The van der Waals surface area contributed by atoms with Gasteiger partial charge in [-0.2, -0.15) is 9.90 Å². The Morgan fingerprint density at radius 1 is 0.500 bits per heavy atom. The second-order valence-corrected chi connectivity index (χ2v) is 0. The third-order valence-electron chi connectivity index (χ3n) is 0. The summed E-state index contributed by atoms with van der Waals surface area (Å²) in [6.07, 6.45) is 0. The Morgan fingerprint density at radius 2 is 0.500 bits per heavy atom. The molecule has 0 N–H and O–H groups in total. The first-order valence-electron chi connectivity index (χ1n) is 0. The van der Waals surface area contributed by atoms with Gasteiger partial charge < -0.3 is 0 Å². The van der Waals surface area contributed by atoms with Gasteiger partial charge in [0, 0.05) is 81.9 Å². The van der Waals surface area contributed by atoms with E-state index < -0.39 is 0 Å². The normalized spacial score (nSPS) is 0. The smallest absolute Gasteiger partial charge is 0 e. The molecule has 1 atom stereocenters. The predicted octanol–water partition coefficient (Wildman–Crippen LogP) is 0.0506. The van der Waals surface area contributed by atoms with E-state index in [0.29, 0.717) is 0 Å². The quantitative estimate of drug-likeness (QED) is 0.417. The summed E-state index contributed by atoms with van der Waals surface area (Å²) in [5.41, 5.74) is 0. The first kappa shape index (κ1) is 27.0. The molecule has 0 aliphatic heterocycles. The Morgan fingerprint density at radius 3 is 0.500 bits per heavy atom. The first-order chi connectivity index (χ1) is 0. The summed E-state index contributed by atoms with van der Waals surface area (Å²) in [4.78, 5) is 0. The van der Waals surface area contributed by atoms with E-state index in [1.807, 2.05) is 0 Å². The van der Waals surface area contributed by atoms with Crippen molar-refractivity contribution in [3.63, 3.8) is 0 Å². The largest absolute Gasteiger partial charge is 0.153 e. The molecule has 1 unspecified atom stereocenters. The third kappa shape index (κ3) is 8.96. The molecular formula is H3Cd3P. The minimum atomic E-state index is 0. The zero-order valence-corrected chi connectivity index (χ0v) is 16.4. The van der Waals surface area contributed by atoms with Gasteiger partial charge in [-0.3, -0.25) is 0 Å². The Labute approximate surface area is 90.0 Å².